The van der Waals surface area contributed by atoms with E-state index in [2.05, 4.69) is 49.0 Å². The van der Waals surface area contributed by atoms with Gasteiger partial charge in [-0.05, 0) is 44.3 Å². The average molecular weight is 335 g/mol. The van der Waals surface area contributed by atoms with Crippen LogP contribution in [-0.4, -0.2) is 32.5 Å². The molecule has 1 unspecified atom stereocenters. The molecule has 0 aromatic rings. The normalized spacial score (nSPS) is 19.2. The van der Waals surface area contributed by atoms with Crippen LogP contribution in [0.25, 0.3) is 0 Å². The lowest BCUT2D eigenvalue weighted by atomic mass is 9.98. The first-order chi connectivity index (χ1) is 11.6. The zero-order valence-corrected chi connectivity index (χ0v) is 15.9. The summed E-state index contributed by atoms with van der Waals surface area (Å²) in [6.07, 6.45) is 17.8. The van der Waals surface area contributed by atoms with Crippen LogP contribution in [0.15, 0.2) is 59.4 Å². The number of ether oxygens (including phenoxy) is 2. The fourth-order valence-corrected chi connectivity index (χ4v) is 2.20. The SMILES string of the molecule is CC1C=C(/C=C/CO)C=CC1.CCOC1=CC=C(C)CC1.COC. The molecule has 0 bridgehead atoms. The maximum atomic E-state index is 8.52. The fraction of sp³-hybridized carbons (Fsp3) is 0.524. The highest BCUT2D eigenvalue weighted by molar-refractivity contribution is 5.33. The van der Waals surface area contributed by atoms with Crippen molar-refractivity contribution in [3.05, 3.63) is 59.4 Å². The van der Waals surface area contributed by atoms with Crippen LogP contribution >= 0.6 is 0 Å². The van der Waals surface area contributed by atoms with E-state index in [1.54, 1.807) is 20.3 Å². The highest BCUT2D eigenvalue weighted by Crippen LogP contribution is 2.18. The molecular weight excluding hydrogens is 300 g/mol. The van der Waals surface area contributed by atoms with Crippen molar-refractivity contribution in [1.29, 1.82) is 0 Å². The van der Waals surface area contributed by atoms with E-state index in [0.29, 0.717) is 5.92 Å². The summed E-state index contributed by atoms with van der Waals surface area (Å²) < 4.78 is 9.60. The Morgan fingerprint density at radius 1 is 1.25 bits per heavy atom. The summed E-state index contributed by atoms with van der Waals surface area (Å²) >= 11 is 0. The molecule has 0 radical (unpaired) electrons. The van der Waals surface area contributed by atoms with E-state index in [0.717, 1.165) is 31.6 Å². The summed E-state index contributed by atoms with van der Waals surface area (Å²) in [6, 6.07) is 0. The number of aliphatic hydroxyl groups excluding tert-OH is 1. The van der Waals surface area contributed by atoms with Gasteiger partial charge in [0.1, 0.15) is 0 Å². The predicted octanol–water partition coefficient (Wildman–Crippen LogP) is 4.97. The first kappa shape index (κ1) is 22.4. The predicted molar refractivity (Wildman–Crippen MR) is 103 cm³/mol. The summed E-state index contributed by atoms with van der Waals surface area (Å²) in [7, 11) is 3.25. The van der Waals surface area contributed by atoms with Crippen LogP contribution in [0.2, 0.25) is 0 Å². The first-order valence-corrected chi connectivity index (χ1v) is 8.62. The summed E-state index contributed by atoms with van der Waals surface area (Å²) in [5, 5.41) is 8.52. The van der Waals surface area contributed by atoms with Gasteiger partial charge in [-0.2, -0.15) is 0 Å². The van der Waals surface area contributed by atoms with Crippen LogP contribution < -0.4 is 0 Å². The van der Waals surface area contributed by atoms with Crippen LogP contribution in [0, 0.1) is 5.92 Å². The highest BCUT2D eigenvalue weighted by atomic mass is 16.5. The number of hydrogen-bond donors (Lipinski definition) is 1. The molecule has 0 aromatic heterocycles. The Morgan fingerprint density at radius 2 is 1.96 bits per heavy atom. The van der Waals surface area contributed by atoms with Gasteiger partial charge in [0.2, 0.25) is 0 Å². The molecule has 3 nitrogen and oxygen atoms in total. The van der Waals surface area contributed by atoms with Gasteiger partial charge in [-0.25, -0.2) is 0 Å². The average Bonchev–Trinajstić information content (AvgIpc) is 2.57. The van der Waals surface area contributed by atoms with E-state index >= 15 is 0 Å². The van der Waals surface area contributed by atoms with Gasteiger partial charge in [0.15, 0.2) is 0 Å². The van der Waals surface area contributed by atoms with E-state index in [9.17, 15) is 0 Å². The molecule has 1 atom stereocenters. The molecule has 136 valence electrons. The van der Waals surface area contributed by atoms with E-state index in [-0.39, 0.29) is 6.61 Å². The Kier molecular flexibility index (Phi) is 14.0. The molecule has 3 heteroatoms. The monoisotopic (exact) mass is 334 g/mol. The van der Waals surface area contributed by atoms with Gasteiger partial charge >= 0.3 is 0 Å². The van der Waals surface area contributed by atoms with Crippen molar-refractivity contribution in [2.24, 2.45) is 5.92 Å². The molecule has 0 aliphatic heterocycles. The van der Waals surface area contributed by atoms with Gasteiger partial charge in [-0.15, -0.1) is 0 Å². The molecule has 0 heterocycles. The van der Waals surface area contributed by atoms with Crippen molar-refractivity contribution in [3.63, 3.8) is 0 Å². The van der Waals surface area contributed by atoms with Crippen molar-refractivity contribution in [1.82, 2.24) is 0 Å². The third-order valence-corrected chi connectivity index (χ3v) is 3.36. The largest absolute Gasteiger partial charge is 0.498 e. The van der Waals surface area contributed by atoms with Gasteiger partial charge < -0.3 is 14.6 Å². The minimum atomic E-state index is 0.125. The van der Waals surface area contributed by atoms with E-state index in [4.69, 9.17) is 9.84 Å². The Balaban J connectivity index is 0.000000381. The lowest BCUT2D eigenvalue weighted by Crippen LogP contribution is -1.95. The molecule has 2 aliphatic rings. The van der Waals surface area contributed by atoms with Crippen LogP contribution in [0.4, 0.5) is 0 Å². The maximum absolute atomic E-state index is 8.52. The minimum absolute atomic E-state index is 0.125. The third kappa shape index (κ3) is 11.9. The van der Waals surface area contributed by atoms with E-state index in [1.165, 1.54) is 11.1 Å². The molecular formula is C21H34O3. The number of methoxy groups -OCH3 is 1. The van der Waals surface area contributed by atoms with E-state index < -0.39 is 0 Å². The maximum Gasteiger partial charge on any atom is 0.0962 e. The van der Waals surface area contributed by atoms with Crippen molar-refractivity contribution in [2.75, 3.05) is 27.4 Å². The third-order valence-electron chi connectivity index (χ3n) is 3.36. The van der Waals surface area contributed by atoms with Gasteiger partial charge in [0, 0.05) is 20.6 Å². The summed E-state index contributed by atoms with van der Waals surface area (Å²) in [5.74, 6) is 1.77. The number of rotatable bonds is 4. The van der Waals surface area contributed by atoms with E-state index in [1.807, 2.05) is 13.0 Å². The topological polar surface area (TPSA) is 38.7 Å². The lowest BCUT2D eigenvalue weighted by Gasteiger charge is -2.11. The van der Waals surface area contributed by atoms with Crippen molar-refractivity contribution in [2.45, 2.75) is 40.0 Å². The molecule has 24 heavy (non-hydrogen) atoms. The summed E-state index contributed by atoms with van der Waals surface area (Å²) in [4.78, 5) is 0. The second-order valence-electron chi connectivity index (χ2n) is 5.85. The first-order valence-electron chi connectivity index (χ1n) is 8.62. The molecule has 0 fully saturated rings. The molecule has 0 saturated heterocycles. The Morgan fingerprint density at radius 3 is 2.46 bits per heavy atom. The number of aliphatic hydroxyl groups is 1. The van der Waals surface area contributed by atoms with Crippen LogP contribution in [0.3, 0.4) is 0 Å². The second-order valence-corrected chi connectivity index (χ2v) is 5.85. The molecule has 0 aromatic carbocycles. The van der Waals surface area contributed by atoms with Crippen LogP contribution in [-0.2, 0) is 9.47 Å². The second kappa shape index (κ2) is 15.0. The molecule has 2 aliphatic carbocycles. The fourth-order valence-electron chi connectivity index (χ4n) is 2.20. The number of hydrogen-bond acceptors (Lipinski definition) is 3. The Labute approximate surface area is 148 Å². The van der Waals surface area contributed by atoms with Gasteiger partial charge in [-0.1, -0.05) is 49.0 Å². The van der Waals surface area contributed by atoms with Crippen LogP contribution in [0.1, 0.15) is 40.0 Å². The standard InChI is InChI=1S/C10H14O.C9H14O.C2H6O/c1-9-4-2-5-10(8-9)6-3-7-11;1-3-10-9-6-4-8(2)5-7-9;1-3-2/h2-3,5-6,8-9,11H,4,7H2,1H3;4,6H,3,5,7H2,1-2H3;1-2H3/b6-3+;;. The zero-order valence-electron chi connectivity index (χ0n) is 15.9. The molecule has 0 spiro atoms. The van der Waals surface area contributed by atoms with Crippen molar-refractivity contribution < 1.29 is 14.6 Å². The number of allylic oxidation sites excluding steroid dienone is 9. The van der Waals surface area contributed by atoms with Crippen LogP contribution in [0.5, 0.6) is 0 Å². The summed E-state index contributed by atoms with van der Waals surface area (Å²) in [5.41, 5.74) is 2.65. The summed E-state index contributed by atoms with van der Waals surface area (Å²) in [6.45, 7) is 7.28. The minimum Gasteiger partial charge on any atom is -0.498 e. The van der Waals surface area contributed by atoms with Gasteiger partial charge in [0.05, 0.1) is 19.0 Å². The molecule has 1 N–H and O–H groups in total. The lowest BCUT2D eigenvalue weighted by molar-refractivity contribution is 0.217. The van der Waals surface area contributed by atoms with Crippen molar-refractivity contribution in [3.8, 4) is 0 Å². The highest BCUT2D eigenvalue weighted by Gasteiger charge is 2.02. The molecule has 2 rings (SSSR count). The van der Waals surface area contributed by atoms with Gasteiger partial charge in [-0.3, -0.25) is 0 Å². The zero-order chi connectivity index (χ0) is 18.2. The molecule has 0 amide bonds. The quantitative estimate of drug-likeness (QED) is 0.789. The Hall–Kier alpha value is -1.58. The smallest absolute Gasteiger partial charge is 0.0962 e. The molecule has 0 saturated carbocycles. The Bertz CT molecular complexity index is 463. The van der Waals surface area contributed by atoms with Gasteiger partial charge in [0.25, 0.3) is 0 Å². The van der Waals surface area contributed by atoms with Crippen molar-refractivity contribution >= 4 is 0 Å².